The van der Waals surface area contributed by atoms with Crippen molar-refractivity contribution in [3.8, 4) is 5.75 Å². The molecule has 0 saturated carbocycles. The summed E-state index contributed by atoms with van der Waals surface area (Å²) < 4.78 is 35.9. The first-order chi connectivity index (χ1) is 6.22. The molecule has 0 bridgehead atoms. The second-order valence-corrected chi connectivity index (χ2v) is 2.83. The Labute approximate surface area is 74.1 Å². The molecule has 0 unspecified atom stereocenters. The second-order valence-electron chi connectivity index (χ2n) is 2.83. The number of halogens is 2. The van der Waals surface area contributed by atoms with Crippen molar-refractivity contribution >= 4 is 0 Å². The predicted octanol–water partition coefficient (Wildman–Crippen LogP) is 2.04. The molecule has 1 aliphatic heterocycles. The fraction of sp³-hybridized carbons (Fsp3) is 0.333. The zero-order chi connectivity index (χ0) is 9.42. The SMILES string of the molecule is COc1cc(F)c([C@@H]2CO2)c(F)c1. The number of methoxy groups -OCH3 is 1. The molecule has 4 heteroatoms. The van der Waals surface area contributed by atoms with E-state index in [-0.39, 0.29) is 11.3 Å². The molecule has 2 nitrogen and oxygen atoms in total. The van der Waals surface area contributed by atoms with Crippen LogP contribution in [0.5, 0.6) is 5.75 Å². The Hall–Kier alpha value is -1.16. The van der Waals surface area contributed by atoms with Crippen LogP contribution in [0.4, 0.5) is 8.78 Å². The van der Waals surface area contributed by atoms with Crippen molar-refractivity contribution in [2.75, 3.05) is 13.7 Å². The van der Waals surface area contributed by atoms with E-state index in [0.29, 0.717) is 6.61 Å². The molecule has 2 rings (SSSR count). The minimum atomic E-state index is -0.612. The van der Waals surface area contributed by atoms with E-state index in [0.717, 1.165) is 12.1 Å². The molecular weight excluding hydrogens is 178 g/mol. The van der Waals surface area contributed by atoms with Crippen LogP contribution in [0.3, 0.4) is 0 Å². The molecule has 0 amide bonds. The Morgan fingerprint density at radius 3 is 2.31 bits per heavy atom. The van der Waals surface area contributed by atoms with E-state index in [1.54, 1.807) is 0 Å². The van der Waals surface area contributed by atoms with E-state index in [1.165, 1.54) is 7.11 Å². The van der Waals surface area contributed by atoms with Crippen molar-refractivity contribution in [2.45, 2.75) is 6.10 Å². The Balaban J connectivity index is 2.44. The van der Waals surface area contributed by atoms with Crippen molar-refractivity contribution in [1.29, 1.82) is 0 Å². The maximum atomic E-state index is 13.2. The average Bonchev–Trinajstić information content (AvgIpc) is 2.87. The van der Waals surface area contributed by atoms with Crippen LogP contribution in [-0.4, -0.2) is 13.7 Å². The summed E-state index contributed by atoms with van der Waals surface area (Å²) in [6.45, 7) is 0.389. The van der Waals surface area contributed by atoms with Crippen LogP contribution >= 0.6 is 0 Å². The number of epoxide rings is 1. The summed E-state index contributed by atoms with van der Waals surface area (Å²) in [6.07, 6.45) is -0.411. The van der Waals surface area contributed by atoms with E-state index in [9.17, 15) is 8.78 Å². The largest absolute Gasteiger partial charge is 0.497 e. The molecule has 1 fully saturated rings. The molecule has 13 heavy (non-hydrogen) atoms. The van der Waals surface area contributed by atoms with Gasteiger partial charge in [0.25, 0.3) is 0 Å². The van der Waals surface area contributed by atoms with Crippen molar-refractivity contribution in [1.82, 2.24) is 0 Å². The van der Waals surface area contributed by atoms with Gasteiger partial charge in [-0.2, -0.15) is 0 Å². The molecule has 1 saturated heterocycles. The number of hydrogen-bond acceptors (Lipinski definition) is 2. The highest BCUT2D eigenvalue weighted by molar-refractivity contribution is 5.33. The van der Waals surface area contributed by atoms with Crippen molar-refractivity contribution in [3.05, 3.63) is 29.3 Å². The monoisotopic (exact) mass is 186 g/mol. The molecule has 0 spiro atoms. The Morgan fingerprint density at radius 1 is 1.38 bits per heavy atom. The lowest BCUT2D eigenvalue weighted by atomic mass is 10.1. The molecule has 1 aromatic rings. The molecule has 0 radical (unpaired) electrons. The highest BCUT2D eigenvalue weighted by atomic mass is 19.1. The van der Waals surface area contributed by atoms with Gasteiger partial charge in [0.15, 0.2) is 0 Å². The van der Waals surface area contributed by atoms with E-state index in [4.69, 9.17) is 9.47 Å². The topological polar surface area (TPSA) is 21.8 Å². The quantitative estimate of drug-likeness (QED) is 0.659. The molecule has 1 atom stereocenters. The van der Waals surface area contributed by atoms with E-state index in [1.807, 2.05) is 0 Å². The normalized spacial score (nSPS) is 20.1. The lowest BCUT2D eigenvalue weighted by molar-refractivity contribution is 0.386. The summed E-state index contributed by atoms with van der Waals surface area (Å²) in [5.74, 6) is -1.04. The van der Waals surface area contributed by atoms with Gasteiger partial charge in [0.2, 0.25) is 0 Å². The standard InChI is InChI=1S/C9H8F2O2/c1-12-5-2-6(10)9(7(11)3-5)8-4-13-8/h2-3,8H,4H2,1H3/t8-/m0/s1. The van der Waals surface area contributed by atoms with Gasteiger partial charge in [-0.25, -0.2) is 8.78 Å². The Morgan fingerprint density at radius 2 is 1.92 bits per heavy atom. The van der Waals surface area contributed by atoms with Gasteiger partial charge in [-0.15, -0.1) is 0 Å². The van der Waals surface area contributed by atoms with Gasteiger partial charge >= 0.3 is 0 Å². The van der Waals surface area contributed by atoms with Gasteiger partial charge in [-0.05, 0) is 0 Å². The number of ether oxygens (including phenoxy) is 2. The van der Waals surface area contributed by atoms with E-state index in [2.05, 4.69) is 0 Å². The average molecular weight is 186 g/mol. The molecular formula is C9H8F2O2. The summed E-state index contributed by atoms with van der Waals surface area (Å²) in [5, 5.41) is 0. The van der Waals surface area contributed by atoms with Crippen LogP contribution in [0, 0.1) is 11.6 Å². The summed E-state index contributed by atoms with van der Waals surface area (Å²) in [4.78, 5) is 0. The van der Waals surface area contributed by atoms with Crippen LogP contribution in [0.2, 0.25) is 0 Å². The van der Waals surface area contributed by atoms with Crippen LogP contribution in [0.25, 0.3) is 0 Å². The third kappa shape index (κ3) is 1.49. The van der Waals surface area contributed by atoms with Crippen LogP contribution in [-0.2, 0) is 4.74 Å². The molecule has 70 valence electrons. The summed E-state index contributed by atoms with van der Waals surface area (Å²) in [6, 6.07) is 2.31. The smallest absolute Gasteiger partial charge is 0.135 e. The highest BCUT2D eigenvalue weighted by Crippen LogP contribution is 2.35. The summed E-state index contributed by atoms with van der Waals surface area (Å²) in [5.41, 5.74) is 0.000741. The van der Waals surface area contributed by atoms with E-state index >= 15 is 0 Å². The minimum absolute atomic E-state index is 0.000741. The molecule has 1 heterocycles. The third-order valence-corrected chi connectivity index (χ3v) is 1.94. The van der Waals surface area contributed by atoms with Crippen LogP contribution in [0.1, 0.15) is 11.7 Å². The van der Waals surface area contributed by atoms with Gasteiger partial charge < -0.3 is 9.47 Å². The summed E-state index contributed by atoms with van der Waals surface area (Å²) >= 11 is 0. The van der Waals surface area contributed by atoms with Crippen molar-refractivity contribution in [3.63, 3.8) is 0 Å². The summed E-state index contributed by atoms with van der Waals surface area (Å²) in [7, 11) is 1.36. The second kappa shape index (κ2) is 2.96. The Kier molecular flexibility index (Phi) is 1.92. The number of hydrogen-bond donors (Lipinski definition) is 0. The van der Waals surface area contributed by atoms with Crippen molar-refractivity contribution < 1.29 is 18.3 Å². The van der Waals surface area contributed by atoms with Crippen molar-refractivity contribution in [2.24, 2.45) is 0 Å². The van der Waals surface area contributed by atoms with Gasteiger partial charge in [0.05, 0.1) is 19.3 Å². The predicted molar refractivity (Wildman–Crippen MR) is 41.6 cm³/mol. The fourth-order valence-corrected chi connectivity index (χ4v) is 1.20. The van der Waals surface area contributed by atoms with Gasteiger partial charge in [-0.3, -0.25) is 0 Å². The molecule has 0 N–H and O–H groups in total. The fourth-order valence-electron chi connectivity index (χ4n) is 1.20. The first-order valence-corrected chi connectivity index (χ1v) is 3.87. The van der Waals surface area contributed by atoms with Gasteiger partial charge in [0, 0.05) is 12.1 Å². The van der Waals surface area contributed by atoms with Gasteiger partial charge in [0.1, 0.15) is 23.5 Å². The first kappa shape index (κ1) is 8.44. The zero-order valence-electron chi connectivity index (χ0n) is 7.01. The van der Waals surface area contributed by atoms with Gasteiger partial charge in [-0.1, -0.05) is 0 Å². The lowest BCUT2D eigenvalue weighted by Gasteiger charge is -2.04. The zero-order valence-corrected chi connectivity index (χ0v) is 7.01. The Bertz CT molecular complexity index is 311. The maximum Gasteiger partial charge on any atom is 0.135 e. The minimum Gasteiger partial charge on any atom is -0.497 e. The third-order valence-electron chi connectivity index (χ3n) is 1.94. The highest BCUT2D eigenvalue weighted by Gasteiger charge is 2.31. The lowest BCUT2D eigenvalue weighted by Crippen LogP contribution is -1.95. The van der Waals surface area contributed by atoms with Crippen LogP contribution in [0.15, 0.2) is 12.1 Å². The maximum absolute atomic E-state index is 13.2. The molecule has 1 aliphatic rings. The molecule has 0 aromatic heterocycles. The molecule has 1 aromatic carbocycles. The first-order valence-electron chi connectivity index (χ1n) is 3.87. The molecule has 0 aliphatic carbocycles. The number of rotatable bonds is 2. The number of benzene rings is 1. The van der Waals surface area contributed by atoms with Crippen LogP contribution < -0.4 is 4.74 Å². The van der Waals surface area contributed by atoms with E-state index < -0.39 is 17.7 Å².